The number of carbonyl (C=O) groups excluding carboxylic acids is 1. The number of hydrazone groups is 2. The number of halogens is 1. The highest BCUT2D eigenvalue weighted by atomic mass is 35.5. The predicted molar refractivity (Wildman–Crippen MR) is 141 cm³/mol. The fourth-order valence-electron chi connectivity index (χ4n) is 3.79. The molecule has 36 heavy (non-hydrogen) atoms. The minimum atomic E-state index is -1.13. The van der Waals surface area contributed by atoms with E-state index >= 15 is 0 Å². The van der Waals surface area contributed by atoms with E-state index in [2.05, 4.69) is 5.10 Å². The van der Waals surface area contributed by atoms with E-state index in [-0.39, 0.29) is 10.7 Å². The standard InChI is InChI=1S/C25H18ClN5O4S/c1-35-24(32)23-28-30(20-11-13-21(14-12-20)31(33)34)25(36-23)16-15-22(17-7-9-18(26)10-8-17)27-29(25)19-5-3-2-4-6-19/h2-16H,1H3/t25-/m1/s1. The third kappa shape index (κ3) is 4.21. The SMILES string of the molecule is COC(=O)C1=NN(c2ccc([N+](=O)[O-])cc2)[C@]2(C=CC(c3ccc(Cl)cc3)=NN2c2ccccc2)S1. The number of allylic oxidation sites excluding steroid dienone is 1. The van der Waals surface area contributed by atoms with Crippen molar-refractivity contribution in [1.29, 1.82) is 0 Å². The molecule has 0 radical (unpaired) electrons. The van der Waals surface area contributed by atoms with Crippen LogP contribution in [0.5, 0.6) is 0 Å². The molecule has 0 bridgehead atoms. The Bertz CT molecular complexity index is 1410. The van der Waals surface area contributed by atoms with Gasteiger partial charge in [0.2, 0.25) is 10.0 Å². The van der Waals surface area contributed by atoms with Crippen molar-refractivity contribution < 1.29 is 14.5 Å². The summed E-state index contributed by atoms with van der Waals surface area (Å²) in [6, 6.07) is 22.7. The Kier molecular flexibility index (Phi) is 6.21. The predicted octanol–water partition coefficient (Wildman–Crippen LogP) is 5.42. The molecule has 2 aliphatic rings. The van der Waals surface area contributed by atoms with Gasteiger partial charge < -0.3 is 4.74 Å². The van der Waals surface area contributed by atoms with Crippen molar-refractivity contribution in [1.82, 2.24) is 0 Å². The number of benzene rings is 3. The first-order valence-corrected chi connectivity index (χ1v) is 11.9. The van der Waals surface area contributed by atoms with Gasteiger partial charge in [0.05, 0.1) is 29.1 Å². The maximum atomic E-state index is 12.5. The number of hydrogen-bond acceptors (Lipinski definition) is 9. The zero-order chi connectivity index (χ0) is 25.3. The molecule has 0 N–H and O–H groups in total. The number of carbonyl (C=O) groups is 1. The van der Waals surface area contributed by atoms with Gasteiger partial charge >= 0.3 is 5.97 Å². The number of esters is 1. The summed E-state index contributed by atoms with van der Waals surface area (Å²) in [5.74, 6) is -0.599. The van der Waals surface area contributed by atoms with Gasteiger partial charge in [0, 0.05) is 22.7 Å². The Morgan fingerprint density at radius 1 is 0.972 bits per heavy atom. The fraction of sp³-hybridized carbons (Fsp3) is 0.0800. The molecule has 0 aliphatic carbocycles. The van der Waals surface area contributed by atoms with Crippen LogP contribution in [0, 0.1) is 10.1 Å². The van der Waals surface area contributed by atoms with E-state index in [1.54, 1.807) is 34.3 Å². The topological polar surface area (TPSA) is 101 Å². The molecule has 1 spiro atoms. The molecule has 0 unspecified atom stereocenters. The highest BCUT2D eigenvalue weighted by Crippen LogP contribution is 2.48. The normalized spacial score (nSPS) is 18.7. The van der Waals surface area contributed by atoms with E-state index in [9.17, 15) is 14.9 Å². The van der Waals surface area contributed by atoms with E-state index in [1.165, 1.54) is 19.2 Å². The van der Waals surface area contributed by atoms with Crippen LogP contribution in [0.3, 0.4) is 0 Å². The Morgan fingerprint density at radius 2 is 1.61 bits per heavy atom. The number of hydrogen-bond donors (Lipinski definition) is 0. The first-order chi connectivity index (χ1) is 17.4. The largest absolute Gasteiger partial charge is 0.464 e. The lowest BCUT2D eigenvalue weighted by Gasteiger charge is -2.43. The highest BCUT2D eigenvalue weighted by Gasteiger charge is 2.51. The lowest BCUT2D eigenvalue weighted by atomic mass is 10.1. The van der Waals surface area contributed by atoms with Gasteiger partial charge in [0.1, 0.15) is 0 Å². The summed E-state index contributed by atoms with van der Waals surface area (Å²) in [6.45, 7) is 0. The highest BCUT2D eigenvalue weighted by molar-refractivity contribution is 8.17. The Labute approximate surface area is 215 Å². The molecule has 1 atom stereocenters. The number of methoxy groups -OCH3 is 1. The molecule has 180 valence electrons. The Hall–Kier alpha value is -4.15. The van der Waals surface area contributed by atoms with Crippen LogP contribution < -0.4 is 10.0 Å². The first-order valence-electron chi connectivity index (χ1n) is 10.7. The number of ether oxygens (including phenoxy) is 1. The van der Waals surface area contributed by atoms with Crippen molar-refractivity contribution in [2.45, 2.75) is 4.99 Å². The molecule has 0 aromatic heterocycles. The number of rotatable bonds is 5. The summed E-state index contributed by atoms with van der Waals surface area (Å²) in [4.78, 5) is 22.1. The number of nitro benzene ring substituents is 1. The maximum absolute atomic E-state index is 12.5. The number of para-hydroxylation sites is 1. The van der Waals surface area contributed by atoms with Gasteiger partial charge in [-0.1, -0.05) is 41.9 Å². The van der Waals surface area contributed by atoms with Gasteiger partial charge in [-0.3, -0.25) is 10.1 Å². The van der Waals surface area contributed by atoms with Crippen LogP contribution in [-0.2, 0) is 9.53 Å². The second-order valence-corrected chi connectivity index (χ2v) is 9.34. The lowest BCUT2D eigenvalue weighted by molar-refractivity contribution is -0.384. The van der Waals surface area contributed by atoms with Crippen LogP contribution in [0.2, 0.25) is 5.02 Å². The quantitative estimate of drug-likeness (QED) is 0.252. The third-order valence-corrected chi connectivity index (χ3v) is 6.99. The average molecular weight is 520 g/mol. The van der Waals surface area contributed by atoms with Crippen LogP contribution >= 0.6 is 23.4 Å². The van der Waals surface area contributed by atoms with E-state index in [1.807, 2.05) is 54.6 Å². The summed E-state index contributed by atoms with van der Waals surface area (Å²) in [7, 11) is 1.29. The minimum absolute atomic E-state index is 0.0565. The summed E-state index contributed by atoms with van der Waals surface area (Å²) in [5, 5.41) is 24.8. The Balaban J connectivity index is 1.66. The summed E-state index contributed by atoms with van der Waals surface area (Å²) >= 11 is 7.23. The minimum Gasteiger partial charge on any atom is -0.464 e. The van der Waals surface area contributed by atoms with Gasteiger partial charge in [0.15, 0.2) is 0 Å². The molecule has 0 amide bonds. The maximum Gasteiger partial charge on any atom is 0.365 e. The van der Waals surface area contributed by atoms with Crippen LogP contribution in [-0.4, -0.2) is 33.8 Å². The molecule has 0 fully saturated rings. The monoisotopic (exact) mass is 519 g/mol. The van der Waals surface area contributed by atoms with Gasteiger partial charge in [-0.05, 0) is 60.3 Å². The van der Waals surface area contributed by atoms with Gasteiger partial charge in [-0.25, -0.2) is 14.8 Å². The molecule has 5 rings (SSSR count). The summed E-state index contributed by atoms with van der Waals surface area (Å²) < 4.78 is 4.95. The number of thioether (sulfide) groups is 1. The van der Waals surface area contributed by atoms with Crippen molar-refractivity contribution >= 4 is 57.1 Å². The second kappa shape index (κ2) is 9.48. The van der Waals surface area contributed by atoms with E-state index in [0.29, 0.717) is 16.4 Å². The molecule has 9 nitrogen and oxygen atoms in total. The molecule has 0 saturated heterocycles. The first kappa shape index (κ1) is 23.6. The molecule has 2 aliphatic heterocycles. The van der Waals surface area contributed by atoms with Crippen molar-refractivity contribution in [3.8, 4) is 0 Å². The summed E-state index contributed by atoms with van der Waals surface area (Å²) in [6.07, 6.45) is 3.74. The molecular weight excluding hydrogens is 502 g/mol. The van der Waals surface area contributed by atoms with Crippen molar-refractivity contribution in [3.63, 3.8) is 0 Å². The van der Waals surface area contributed by atoms with Crippen LogP contribution in [0.1, 0.15) is 5.56 Å². The number of nitro groups is 1. The number of anilines is 2. The summed E-state index contributed by atoms with van der Waals surface area (Å²) in [5.41, 5.74) is 2.75. The molecule has 3 aromatic carbocycles. The van der Waals surface area contributed by atoms with Crippen LogP contribution in [0.25, 0.3) is 0 Å². The average Bonchev–Trinajstić information content (AvgIpc) is 3.29. The molecule has 11 heteroatoms. The smallest absolute Gasteiger partial charge is 0.365 e. The fourth-order valence-corrected chi connectivity index (χ4v) is 5.09. The molecule has 2 heterocycles. The van der Waals surface area contributed by atoms with Gasteiger partial charge in [-0.15, -0.1) is 0 Å². The second-order valence-electron chi connectivity index (χ2n) is 7.72. The zero-order valence-electron chi connectivity index (χ0n) is 18.8. The van der Waals surface area contributed by atoms with Crippen molar-refractivity contribution in [2.24, 2.45) is 10.2 Å². The molecule has 3 aromatic rings. The zero-order valence-corrected chi connectivity index (χ0v) is 20.4. The van der Waals surface area contributed by atoms with E-state index in [0.717, 1.165) is 23.0 Å². The number of non-ortho nitro benzene ring substituents is 1. The van der Waals surface area contributed by atoms with E-state index < -0.39 is 15.9 Å². The Morgan fingerprint density at radius 3 is 2.25 bits per heavy atom. The van der Waals surface area contributed by atoms with E-state index in [4.69, 9.17) is 21.4 Å². The third-order valence-electron chi connectivity index (χ3n) is 5.52. The van der Waals surface area contributed by atoms with Crippen molar-refractivity contribution in [3.05, 3.63) is 112 Å². The van der Waals surface area contributed by atoms with Crippen LogP contribution in [0.15, 0.2) is 101 Å². The van der Waals surface area contributed by atoms with Crippen molar-refractivity contribution in [2.75, 3.05) is 17.1 Å². The van der Waals surface area contributed by atoms with Gasteiger partial charge in [0.25, 0.3) is 5.69 Å². The lowest BCUT2D eigenvalue weighted by Crippen LogP contribution is -2.53. The van der Waals surface area contributed by atoms with Gasteiger partial charge in [-0.2, -0.15) is 10.2 Å². The molecular formula is C25H18ClN5O4S. The number of nitrogens with zero attached hydrogens (tertiary/aromatic N) is 5. The molecule has 0 saturated carbocycles. The van der Waals surface area contributed by atoms with Crippen LogP contribution in [0.4, 0.5) is 17.1 Å².